The lowest BCUT2D eigenvalue weighted by atomic mass is 10.1. The molecule has 1 aromatic carbocycles. The molecule has 0 saturated carbocycles. The molecule has 0 aliphatic carbocycles. The maximum Gasteiger partial charge on any atom is 0.350 e. The number of rotatable bonds is 6. The third kappa shape index (κ3) is 4.20. The van der Waals surface area contributed by atoms with Gasteiger partial charge in [-0.3, -0.25) is 9.78 Å². The fourth-order valence-electron chi connectivity index (χ4n) is 2.44. The Labute approximate surface area is 160 Å². The Hall–Kier alpha value is -3.06. The molecule has 1 atom stereocenters. The van der Waals surface area contributed by atoms with Crippen LogP contribution in [0.4, 0.5) is 0 Å². The molecule has 0 spiro atoms. The van der Waals surface area contributed by atoms with Crippen molar-refractivity contribution in [3.05, 3.63) is 64.8 Å². The third-order valence-corrected chi connectivity index (χ3v) is 5.05. The van der Waals surface area contributed by atoms with Crippen molar-refractivity contribution in [2.75, 3.05) is 7.11 Å². The summed E-state index contributed by atoms with van der Waals surface area (Å²) >= 11 is 1.20. The van der Waals surface area contributed by atoms with E-state index in [2.05, 4.69) is 9.97 Å². The summed E-state index contributed by atoms with van der Waals surface area (Å²) in [5.74, 6) is -0.196. The molecule has 3 aromatic rings. The van der Waals surface area contributed by atoms with Crippen molar-refractivity contribution in [1.82, 2.24) is 9.97 Å². The molecule has 1 unspecified atom stereocenters. The zero-order valence-electron chi connectivity index (χ0n) is 15.1. The summed E-state index contributed by atoms with van der Waals surface area (Å²) in [6.45, 7) is 3.29. The van der Waals surface area contributed by atoms with Crippen LogP contribution in [0.15, 0.2) is 48.7 Å². The Morgan fingerprint density at radius 1 is 1.11 bits per heavy atom. The van der Waals surface area contributed by atoms with Gasteiger partial charge in [-0.05, 0) is 50.2 Å². The average molecular weight is 382 g/mol. The third-order valence-electron chi connectivity index (χ3n) is 3.89. The number of carbonyl (C=O) groups excluding carboxylic acids is 2. The number of Topliss-reactive ketones (excluding diaryl/α,β-unsaturated/α-hetero) is 1. The standard InChI is InChI=1S/C20H18N2O4S/c1-12-18(27-19(22-12)16-6-4-5-11-21-16)20(24)26-13(2)17(23)14-7-9-15(25-3)10-8-14/h4-11,13H,1-3H3. The summed E-state index contributed by atoms with van der Waals surface area (Å²) in [5, 5.41) is 0.634. The van der Waals surface area contributed by atoms with Crippen LogP contribution in [0.2, 0.25) is 0 Å². The van der Waals surface area contributed by atoms with Crippen LogP contribution in [-0.4, -0.2) is 34.9 Å². The fraction of sp³-hybridized carbons (Fsp3) is 0.200. The highest BCUT2D eigenvalue weighted by Crippen LogP contribution is 2.27. The van der Waals surface area contributed by atoms with Gasteiger partial charge in [-0.15, -0.1) is 11.3 Å². The summed E-state index contributed by atoms with van der Waals surface area (Å²) in [4.78, 5) is 34.0. The molecular formula is C20H18N2O4S. The van der Waals surface area contributed by atoms with E-state index in [9.17, 15) is 9.59 Å². The quantitative estimate of drug-likeness (QED) is 0.474. The molecule has 0 aliphatic heterocycles. The minimum atomic E-state index is -0.911. The molecule has 0 fully saturated rings. The number of ether oxygens (including phenoxy) is 2. The number of thiazole rings is 1. The van der Waals surface area contributed by atoms with Gasteiger partial charge in [-0.2, -0.15) is 0 Å². The van der Waals surface area contributed by atoms with E-state index in [1.807, 2.05) is 18.2 Å². The van der Waals surface area contributed by atoms with Crippen LogP contribution in [0, 0.1) is 6.92 Å². The zero-order chi connectivity index (χ0) is 19.4. The molecule has 0 aliphatic rings. The van der Waals surface area contributed by atoms with E-state index in [-0.39, 0.29) is 5.78 Å². The summed E-state index contributed by atoms with van der Waals surface area (Å²) in [6, 6.07) is 12.1. The summed E-state index contributed by atoms with van der Waals surface area (Å²) in [5.41, 5.74) is 1.69. The summed E-state index contributed by atoms with van der Waals surface area (Å²) in [7, 11) is 1.55. The normalized spacial score (nSPS) is 11.7. The monoisotopic (exact) mass is 382 g/mol. The van der Waals surface area contributed by atoms with Gasteiger partial charge in [0.15, 0.2) is 6.10 Å². The van der Waals surface area contributed by atoms with Crippen LogP contribution in [0.3, 0.4) is 0 Å². The number of hydrogen-bond acceptors (Lipinski definition) is 7. The first-order valence-corrected chi connectivity index (χ1v) is 9.09. The van der Waals surface area contributed by atoms with Crippen LogP contribution >= 0.6 is 11.3 Å². The minimum Gasteiger partial charge on any atom is -0.497 e. The molecule has 7 heteroatoms. The van der Waals surface area contributed by atoms with Crippen molar-refractivity contribution in [2.24, 2.45) is 0 Å². The number of methoxy groups -OCH3 is 1. The van der Waals surface area contributed by atoms with E-state index in [0.29, 0.717) is 32.6 Å². The van der Waals surface area contributed by atoms with Gasteiger partial charge in [-0.25, -0.2) is 9.78 Å². The van der Waals surface area contributed by atoms with Gasteiger partial charge in [0.1, 0.15) is 15.6 Å². The average Bonchev–Trinajstić information content (AvgIpc) is 3.10. The lowest BCUT2D eigenvalue weighted by Gasteiger charge is -2.12. The number of aryl methyl sites for hydroxylation is 1. The highest BCUT2D eigenvalue weighted by Gasteiger charge is 2.24. The molecule has 0 radical (unpaired) electrons. The molecule has 0 bridgehead atoms. The molecule has 0 amide bonds. The molecular weight excluding hydrogens is 364 g/mol. The number of esters is 1. The number of carbonyl (C=O) groups is 2. The highest BCUT2D eigenvalue weighted by atomic mass is 32.1. The van der Waals surface area contributed by atoms with E-state index >= 15 is 0 Å². The molecule has 6 nitrogen and oxygen atoms in total. The number of ketones is 1. The van der Waals surface area contributed by atoms with E-state index in [1.54, 1.807) is 51.4 Å². The number of pyridine rings is 1. The molecule has 0 saturated heterocycles. The molecule has 27 heavy (non-hydrogen) atoms. The minimum absolute atomic E-state index is 0.280. The van der Waals surface area contributed by atoms with E-state index in [1.165, 1.54) is 11.3 Å². The molecule has 2 heterocycles. The number of hydrogen-bond donors (Lipinski definition) is 0. The summed E-state index contributed by atoms with van der Waals surface area (Å²) in [6.07, 6.45) is 0.755. The van der Waals surface area contributed by atoms with Gasteiger partial charge in [0, 0.05) is 11.8 Å². The second-order valence-corrected chi connectivity index (χ2v) is 6.79. The van der Waals surface area contributed by atoms with Gasteiger partial charge in [0.25, 0.3) is 0 Å². The molecule has 0 N–H and O–H groups in total. The van der Waals surface area contributed by atoms with E-state index in [0.717, 1.165) is 0 Å². The number of aromatic nitrogens is 2. The van der Waals surface area contributed by atoms with Gasteiger partial charge in [0.2, 0.25) is 5.78 Å². The maximum atomic E-state index is 12.5. The van der Waals surface area contributed by atoms with Gasteiger partial charge >= 0.3 is 5.97 Å². The van der Waals surface area contributed by atoms with Crippen molar-refractivity contribution < 1.29 is 19.1 Å². The summed E-state index contributed by atoms with van der Waals surface area (Å²) < 4.78 is 10.4. The molecule has 3 rings (SSSR count). The Balaban J connectivity index is 1.72. The van der Waals surface area contributed by atoms with Crippen LogP contribution < -0.4 is 4.74 Å². The molecule has 2 aromatic heterocycles. The Bertz CT molecular complexity index is 952. The highest BCUT2D eigenvalue weighted by molar-refractivity contribution is 7.17. The van der Waals surface area contributed by atoms with Crippen molar-refractivity contribution in [3.63, 3.8) is 0 Å². The van der Waals surface area contributed by atoms with Crippen LogP contribution in [0.5, 0.6) is 5.75 Å². The van der Waals surface area contributed by atoms with Gasteiger partial charge < -0.3 is 9.47 Å². The van der Waals surface area contributed by atoms with Crippen LogP contribution in [-0.2, 0) is 4.74 Å². The lowest BCUT2D eigenvalue weighted by molar-refractivity contribution is 0.0322. The van der Waals surface area contributed by atoms with E-state index in [4.69, 9.17) is 9.47 Å². The van der Waals surface area contributed by atoms with Crippen LogP contribution in [0.1, 0.15) is 32.6 Å². The Kier molecular flexibility index (Phi) is 5.61. The second-order valence-electron chi connectivity index (χ2n) is 5.79. The Morgan fingerprint density at radius 3 is 2.48 bits per heavy atom. The zero-order valence-corrected chi connectivity index (χ0v) is 15.9. The largest absolute Gasteiger partial charge is 0.497 e. The smallest absolute Gasteiger partial charge is 0.350 e. The maximum absolute atomic E-state index is 12.5. The van der Waals surface area contributed by atoms with Crippen molar-refractivity contribution in [1.29, 1.82) is 0 Å². The van der Waals surface area contributed by atoms with Gasteiger partial charge in [-0.1, -0.05) is 6.07 Å². The predicted molar refractivity (Wildman–Crippen MR) is 102 cm³/mol. The first kappa shape index (κ1) is 18.7. The Morgan fingerprint density at radius 2 is 1.85 bits per heavy atom. The van der Waals surface area contributed by atoms with Crippen molar-refractivity contribution in [3.8, 4) is 16.5 Å². The fourth-order valence-corrected chi connectivity index (χ4v) is 3.37. The second kappa shape index (κ2) is 8.09. The van der Waals surface area contributed by atoms with Crippen LogP contribution in [0.25, 0.3) is 10.7 Å². The molecule has 138 valence electrons. The number of benzene rings is 1. The first-order chi connectivity index (χ1) is 13.0. The lowest BCUT2D eigenvalue weighted by Crippen LogP contribution is -2.24. The van der Waals surface area contributed by atoms with E-state index < -0.39 is 12.1 Å². The van der Waals surface area contributed by atoms with Crippen molar-refractivity contribution in [2.45, 2.75) is 20.0 Å². The predicted octanol–water partition coefficient (Wildman–Crippen LogP) is 3.95. The number of nitrogens with zero attached hydrogens (tertiary/aromatic N) is 2. The topological polar surface area (TPSA) is 78.4 Å². The SMILES string of the molecule is COc1ccc(C(=O)C(C)OC(=O)c2sc(-c3ccccn3)nc2C)cc1. The van der Waals surface area contributed by atoms with Gasteiger partial charge in [0.05, 0.1) is 18.5 Å². The first-order valence-electron chi connectivity index (χ1n) is 8.27. The van der Waals surface area contributed by atoms with Crippen molar-refractivity contribution >= 4 is 23.1 Å².